The first-order valence-electron chi connectivity index (χ1n) is 7.91. The summed E-state index contributed by atoms with van der Waals surface area (Å²) in [6.07, 6.45) is 3.72. The second-order valence-corrected chi connectivity index (χ2v) is 5.99. The van der Waals surface area contributed by atoms with Gasteiger partial charge in [-0.25, -0.2) is 9.97 Å². The van der Waals surface area contributed by atoms with E-state index < -0.39 is 0 Å². The molecule has 1 aliphatic carbocycles. The molecule has 0 aromatic carbocycles. The van der Waals surface area contributed by atoms with E-state index in [9.17, 15) is 0 Å². The fraction of sp³-hybridized carbons (Fsp3) is 0.438. The van der Waals surface area contributed by atoms with Crippen molar-refractivity contribution >= 4 is 17.6 Å². The van der Waals surface area contributed by atoms with E-state index in [0.717, 1.165) is 48.8 Å². The van der Waals surface area contributed by atoms with Crippen molar-refractivity contribution < 1.29 is 0 Å². The molecular formula is C16H23N7. The SMILES string of the molecule is Cc1cccnc1NCCNc1cc(C2CC(N)C2)nc(N)n1. The number of pyridine rings is 1. The van der Waals surface area contributed by atoms with Gasteiger partial charge in [0, 0.05) is 37.3 Å². The van der Waals surface area contributed by atoms with Crippen molar-refractivity contribution in [3.8, 4) is 0 Å². The molecular weight excluding hydrogens is 290 g/mol. The minimum atomic E-state index is 0.290. The summed E-state index contributed by atoms with van der Waals surface area (Å²) in [4.78, 5) is 12.9. The number of hydrogen-bond donors (Lipinski definition) is 4. The van der Waals surface area contributed by atoms with Gasteiger partial charge in [-0.2, -0.15) is 4.98 Å². The fourth-order valence-electron chi connectivity index (χ4n) is 2.73. The Balaban J connectivity index is 1.53. The van der Waals surface area contributed by atoms with Crippen LogP contribution < -0.4 is 22.1 Å². The Bertz CT molecular complexity index is 667. The van der Waals surface area contributed by atoms with Gasteiger partial charge in [-0.3, -0.25) is 0 Å². The molecule has 1 saturated carbocycles. The lowest BCUT2D eigenvalue weighted by Gasteiger charge is -2.32. The molecule has 6 N–H and O–H groups in total. The van der Waals surface area contributed by atoms with Gasteiger partial charge in [-0.15, -0.1) is 0 Å². The van der Waals surface area contributed by atoms with Crippen LogP contribution in [0.5, 0.6) is 0 Å². The van der Waals surface area contributed by atoms with Gasteiger partial charge in [0.25, 0.3) is 0 Å². The molecule has 2 aromatic heterocycles. The van der Waals surface area contributed by atoms with Crippen molar-refractivity contribution in [1.82, 2.24) is 15.0 Å². The third-order valence-corrected chi connectivity index (χ3v) is 4.09. The minimum absolute atomic E-state index is 0.290. The number of aromatic nitrogens is 3. The number of nitrogens with two attached hydrogens (primary N) is 2. The van der Waals surface area contributed by atoms with Crippen LogP contribution in [-0.4, -0.2) is 34.1 Å². The Morgan fingerprint density at radius 3 is 2.74 bits per heavy atom. The molecule has 1 aliphatic rings. The lowest BCUT2D eigenvalue weighted by molar-refractivity contribution is 0.345. The summed E-state index contributed by atoms with van der Waals surface area (Å²) in [6, 6.07) is 6.22. The molecule has 0 saturated heterocycles. The van der Waals surface area contributed by atoms with E-state index in [2.05, 4.69) is 25.6 Å². The summed E-state index contributed by atoms with van der Waals surface area (Å²) in [5.41, 5.74) is 13.8. The number of nitrogens with zero attached hydrogens (tertiary/aromatic N) is 3. The third kappa shape index (κ3) is 3.87. The van der Waals surface area contributed by atoms with E-state index in [-0.39, 0.29) is 0 Å². The standard InChI is InChI=1S/C16H23N7/c1-10-3-2-4-20-15(10)21-6-5-19-14-9-13(22-16(18)23-14)11-7-12(17)8-11/h2-4,9,11-12H,5-8,17H2,1H3,(H,20,21)(H3,18,19,22,23). The number of rotatable bonds is 6. The topological polar surface area (TPSA) is 115 Å². The Labute approximate surface area is 135 Å². The molecule has 122 valence electrons. The van der Waals surface area contributed by atoms with E-state index in [1.54, 1.807) is 6.20 Å². The zero-order chi connectivity index (χ0) is 16.2. The zero-order valence-corrected chi connectivity index (χ0v) is 13.3. The zero-order valence-electron chi connectivity index (χ0n) is 13.3. The summed E-state index contributed by atoms with van der Waals surface area (Å²) < 4.78 is 0. The molecule has 0 aliphatic heterocycles. The summed E-state index contributed by atoms with van der Waals surface area (Å²) in [5, 5.41) is 6.58. The van der Waals surface area contributed by atoms with Crippen LogP contribution in [-0.2, 0) is 0 Å². The largest absolute Gasteiger partial charge is 0.368 e. The van der Waals surface area contributed by atoms with Crippen molar-refractivity contribution in [2.45, 2.75) is 31.7 Å². The van der Waals surface area contributed by atoms with Gasteiger partial charge in [0.15, 0.2) is 0 Å². The van der Waals surface area contributed by atoms with Crippen LogP contribution in [0.3, 0.4) is 0 Å². The molecule has 0 radical (unpaired) electrons. The van der Waals surface area contributed by atoms with Gasteiger partial charge in [-0.1, -0.05) is 6.07 Å². The number of hydrogen-bond acceptors (Lipinski definition) is 7. The number of nitrogens with one attached hydrogen (secondary N) is 2. The fourth-order valence-corrected chi connectivity index (χ4v) is 2.73. The molecule has 1 fully saturated rings. The molecule has 23 heavy (non-hydrogen) atoms. The van der Waals surface area contributed by atoms with Crippen molar-refractivity contribution in [3.63, 3.8) is 0 Å². The molecule has 0 atom stereocenters. The second-order valence-electron chi connectivity index (χ2n) is 5.99. The van der Waals surface area contributed by atoms with E-state index in [1.807, 2.05) is 25.1 Å². The highest BCUT2D eigenvalue weighted by Gasteiger charge is 2.29. The first-order chi connectivity index (χ1) is 11.1. The molecule has 0 unspecified atom stereocenters. The van der Waals surface area contributed by atoms with Gasteiger partial charge in [0.2, 0.25) is 5.95 Å². The highest BCUT2D eigenvalue weighted by Crippen LogP contribution is 2.35. The maximum atomic E-state index is 5.84. The molecule has 7 heteroatoms. The van der Waals surface area contributed by atoms with Gasteiger partial charge in [-0.05, 0) is 31.4 Å². The third-order valence-electron chi connectivity index (χ3n) is 4.09. The van der Waals surface area contributed by atoms with E-state index >= 15 is 0 Å². The monoisotopic (exact) mass is 313 g/mol. The number of aryl methyl sites for hydroxylation is 1. The van der Waals surface area contributed by atoms with Gasteiger partial charge in [0.1, 0.15) is 11.6 Å². The molecule has 0 bridgehead atoms. The van der Waals surface area contributed by atoms with Gasteiger partial charge >= 0.3 is 0 Å². The number of anilines is 3. The summed E-state index contributed by atoms with van der Waals surface area (Å²) in [7, 11) is 0. The quantitative estimate of drug-likeness (QED) is 0.597. The lowest BCUT2D eigenvalue weighted by Crippen LogP contribution is -2.35. The van der Waals surface area contributed by atoms with E-state index in [4.69, 9.17) is 11.5 Å². The Morgan fingerprint density at radius 2 is 2.00 bits per heavy atom. The van der Waals surface area contributed by atoms with Crippen LogP contribution in [0.2, 0.25) is 0 Å². The first kappa shape index (κ1) is 15.5. The average molecular weight is 313 g/mol. The van der Waals surface area contributed by atoms with Crippen molar-refractivity contribution in [2.75, 3.05) is 29.5 Å². The minimum Gasteiger partial charge on any atom is -0.368 e. The number of nitrogen functional groups attached to an aromatic ring is 1. The highest BCUT2D eigenvalue weighted by atomic mass is 15.1. The molecule has 3 rings (SSSR count). The van der Waals surface area contributed by atoms with Crippen LogP contribution in [0, 0.1) is 6.92 Å². The van der Waals surface area contributed by atoms with Crippen molar-refractivity contribution in [2.24, 2.45) is 5.73 Å². The molecule has 2 aromatic rings. The lowest BCUT2D eigenvalue weighted by atomic mass is 9.78. The van der Waals surface area contributed by atoms with Crippen molar-refractivity contribution in [1.29, 1.82) is 0 Å². The summed E-state index contributed by atoms with van der Waals surface area (Å²) in [6.45, 7) is 3.49. The predicted octanol–water partition coefficient (Wildman–Crippen LogP) is 1.49. The predicted molar refractivity (Wildman–Crippen MR) is 92.3 cm³/mol. The first-order valence-corrected chi connectivity index (χ1v) is 7.91. The van der Waals surface area contributed by atoms with Crippen LogP contribution >= 0.6 is 0 Å². The normalized spacial score (nSPS) is 19.9. The summed E-state index contributed by atoms with van der Waals surface area (Å²) in [5.74, 6) is 2.37. The molecule has 0 amide bonds. The van der Waals surface area contributed by atoms with Gasteiger partial charge < -0.3 is 22.1 Å². The average Bonchev–Trinajstić information content (AvgIpc) is 2.49. The Kier molecular flexibility index (Phi) is 4.57. The van der Waals surface area contributed by atoms with Crippen LogP contribution in [0.25, 0.3) is 0 Å². The Morgan fingerprint density at radius 1 is 1.22 bits per heavy atom. The maximum absolute atomic E-state index is 5.84. The molecule has 2 heterocycles. The summed E-state index contributed by atoms with van der Waals surface area (Å²) >= 11 is 0. The second kappa shape index (κ2) is 6.78. The maximum Gasteiger partial charge on any atom is 0.222 e. The molecule has 0 spiro atoms. The van der Waals surface area contributed by atoms with E-state index in [1.165, 1.54) is 0 Å². The van der Waals surface area contributed by atoms with Crippen LogP contribution in [0.15, 0.2) is 24.4 Å². The van der Waals surface area contributed by atoms with Crippen molar-refractivity contribution in [3.05, 3.63) is 35.7 Å². The highest BCUT2D eigenvalue weighted by molar-refractivity contribution is 5.44. The van der Waals surface area contributed by atoms with Crippen LogP contribution in [0.1, 0.15) is 30.0 Å². The smallest absolute Gasteiger partial charge is 0.222 e. The molecule has 7 nitrogen and oxygen atoms in total. The Hall–Kier alpha value is -2.41. The van der Waals surface area contributed by atoms with Crippen LogP contribution in [0.4, 0.5) is 17.6 Å². The van der Waals surface area contributed by atoms with E-state index in [0.29, 0.717) is 17.9 Å². The van der Waals surface area contributed by atoms with Gasteiger partial charge in [0.05, 0.1) is 5.69 Å².